The number of nitrogens with one attached hydrogen (secondary N) is 1. The van der Waals surface area contributed by atoms with Gasteiger partial charge in [0, 0.05) is 6.20 Å². The first-order valence-electron chi connectivity index (χ1n) is 9.41. The summed E-state index contributed by atoms with van der Waals surface area (Å²) in [6.45, 7) is 2.79. The molecule has 4 aromatic rings. The lowest BCUT2D eigenvalue weighted by molar-refractivity contribution is 0.0992. The Bertz CT molecular complexity index is 1150. The maximum absolute atomic E-state index is 12.9. The third-order valence-electron chi connectivity index (χ3n) is 4.40. The molecule has 6 nitrogen and oxygen atoms in total. The molecule has 7 heteroatoms. The predicted octanol–water partition coefficient (Wildman–Crippen LogP) is 4.80. The van der Waals surface area contributed by atoms with Gasteiger partial charge in [0.15, 0.2) is 5.76 Å². The molecule has 0 bridgehead atoms. The summed E-state index contributed by atoms with van der Waals surface area (Å²) in [5.41, 5.74) is 2.89. The fourth-order valence-electron chi connectivity index (χ4n) is 2.97. The molecule has 152 valence electrons. The van der Waals surface area contributed by atoms with Crippen LogP contribution < -0.4 is 10.1 Å². The van der Waals surface area contributed by atoms with Crippen molar-refractivity contribution >= 4 is 11.6 Å². The number of aromatic nitrogens is 2. The summed E-state index contributed by atoms with van der Waals surface area (Å²) in [6, 6.07) is 17.1. The molecule has 30 heavy (non-hydrogen) atoms. The predicted molar refractivity (Wildman–Crippen MR) is 110 cm³/mol. The summed E-state index contributed by atoms with van der Waals surface area (Å²) in [6.07, 6.45) is 3.36. The summed E-state index contributed by atoms with van der Waals surface area (Å²) in [7, 11) is 0. The Morgan fingerprint density at radius 2 is 2.00 bits per heavy atom. The van der Waals surface area contributed by atoms with Crippen LogP contribution in [0.3, 0.4) is 0 Å². The van der Waals surface area contributed by atoms with Crippen LogP contribution in [0.4, 0.5) is 10.1 Å². The topological polar surface area (TPSA) is 69.3 Å². The summed E-state index contributed by atoms with van der Waals surface area (Å²) in [5, 5.41) is 7.06. The van der Waals surface area contributed by atoms with Gasteiger partial charge in [0.1, 0.15) is 23.9 Å². The lowest BCUT2D eigenvalue weighted by Gasteiger charge is -2.04. The van der Waals surface area contributed by atoms with Crippen molar-refractivity contribution < 1.29 is 18.3 Å². The molecule has 0 saturated carbocycles. The molecule has 1 amide bonds. The molecule has 0 fully saturated rings. The van der Waals surface area contributed by atoms with Crippen LogP contribution in [-0.4, -0.2) is 15.7 Å². The van der Waals surface area contributed by atoms with Crippen LogP contribution in [-0.2, 0) is 13.2 Å². The minimum atomic E-state index is -0.377. The molecule has 0 atom stereocenters. The number of nitrogens with zero attached hydrogens (tertiary/aromatic N) is 2. The van der Waals surface area contributed by atoms with Crippen LogP contribution in [0.5, 0.6) is 5.75 Å². The van der Waals surface area contributed by atoms with Gasteiger partial charge >= 0.3 is 0 Å². The van der Waals surface area contributed by atoms with Crippen molar-refractivity contribution in [3.05, 3.63) is 102 Å². The SMILES string of the molecule is Cc1cccc(Cn2cc(NC(=O)c3ccc(COc4ccc(F)cc4)o3)cn2)c1. The Kier molecular flexibility index (Phi) is 5.61. The lowest BCUT2D eigenvalue weighted by Crippen LogP contribution is -2.10. The number of aryl methyl sites for hydroxylation is 1. The molecular formula is C23H20FN3O3. The highest BCUT2D eigenvalue weighted by Crippen LogP contribution is 2.16. The van der Waals surface area contributed by atoms with Crippen LogP contribution in [0.25, 0.3) is 0 Å². The number of furan rings is 1. The molecule has 2 aromatic carbocycles. The van der Waals surface area contributed by atoms with Crippen molar-refractivity contribution in [2.75, 3.05) is 5.32 Å². The highest BCUT2D eigenvalue weighted by Gasteiger charge is 2.13. The number of hydrogen-bond donors (Lipinski definition) is 1. The highest BCUT2D eigenvalue weighted by molar-refractivity contribution is 6.02. The number of rotatable bonds is 7. The number of carbonyl (C=O) groups excluding carboxylic acids is 1. The monoisotopic (exact) mass is 405 g/mol. The van der Waals surface area contributed by atoms with Gasteiger partial charge in [0.2, 0.25) is 0 Å². The van der Waals surface area contributed by atoms with Gasteiger partial charge in [0.25, 0.3) is 5.91 Å². The zero-order chi connectivity index (χ0) is 20.9. The van der Waals surface area contributed by atoms with Crippen LogP contribution in [0.15, 0.2) is 77.5 Å². The van der Waals surface area contributed by atoms with E-state index in [9.17, 15) is 9.18 Å². The quantitative estimate of drug-likeness (QED) is 0.479. The highest BCUT2D eigenvalue weighted by atomic mass is 19.1. The molecule has 0 aliphatic rings. The third-order valence-corrected chi connectivity index (χ3v) is 4.40. The van der Waals surface area contributed by atoms with Crippen molar-refractivity contribution in [1.29, 1.82) is 0 Å². The van der Waals surface area contributed by atoms with Gasteiger partial charge in [-0.05, 0) is 48.9 Å². The molecule has 0 aliphatic heterocycles. The van der Waals surface area contributed by atoms with Crippen LogP contribution in [0, 0.1) is 12.7 Å². The third kappa shape index (κ3) is 4.94. The largest absolute Gasteiger partial charge is 0.486 e. The van der Waals surface area contributed by atoms with E-state index in [2.05, 4.69) is 16.5 Å². The summed E-state index contributed by atoms with van der Waals surface area (Å²) in [5.74, 6) is 0.457. The van der Waals surface area contributed by atoms with Crippen molar-refractivity contribution in [3.8, 4) is 5.75 Å². The smallest absolute Gasteiger partial charge is 0.291 e. The van der Waals surface area contributed by atoms with E-state index in [1.54, 1.807) is 29.2 Å². The van der Waals surface area contributed by atoms with Gasteiger partial charge in [-0.15, -0.1) is 0 Å². The molecular weight excluding hydrogens is 385 g/mol. The Balaban J connectivity index is 1.33. The zero-order valence-corrected chi connectivity index (χ0v) is 16.3. The Morgan fingerprint density at radius 3 is 2.80 bits per heavy atom. The number of carbonyl (C=O) groups is 1. The number of anilines is 1. The summed E-state index contributed by atoms with van der Waals surface area (Å²) in [4.78, 5) is 12.4. The molecule has 1 N–H and O–H groups in total. The fraction of sp³-hybridized carbons (Fsp3) is 0.130. The zero-order valence-electron chi connectivity index (χ0n) is 16.3. The standard InChI is InChI=1S/C23H20FN3O3/c1-16-3-2-4-17(11-16)13-27-14-19(12-25-27)26-23(28)22-10-9-21(30-22)15-29-20-7-5-18(24)6-8-20/h2-12,14H,13,15H2,1H3,(H,26,28). The minimum absolute atomic E-state index is 0.132. The van der Waals surface area contributed by atoms with E-state index < -0.39 is 0 Å². The van der Waals surface area contributed by atoms with E-state index >= 15 is 0 Å². The lowest BCUT2D eigenvalue weighted by atomic mass is 10.1. The fourth-order valence-corrected chi connectivity index (χ4v) is 2.97. The number of ether oxygens (including phenoxy) is 1. The molecule has 0 saturated heterocycles. The van der Waals surface area contributed by atoms with E-state index in [1.165, 1.54) is 29.8 Å². The van der Waals surface area contributed by atoms with Crippen molar-refractivity contribution in [1.82, 2.24) is 9.78 Å². The second-order valence-corrected chi connectivity index (χ2v) is 6.88. The van der Waals surface area contributed by atoms with E-state index in [-0.39, 0.29) is 24.1 Å². The van der Waals surface area contributed by atoms with E-state index in [0.29, 0.717) is 23.7 Å². The normalized spacial score (nSPS) is 10.7. The molecule has 2 aromatic heterocycles. The maximum atomic E-state index is 12.9. The van der Waals surface area contributed by atoms with Crippen LogP contribution in [0.2, 0.25) is 0 Å². The summed E-state index contributed by atoms with van der Waals surface area (Å²) < 4.78 is 25.7. The number of hydrogen-bond acceptors (Lipinski definition) is 4. The Hall–Kier alpha value is -3.87. The average Bonchev–Trinajstić information content (AvgIpc) is 3.37. The van der Waals surface area contributed by atoms with Crippen LogP contribution in [0.1, 0.15) is 27.4 Å². The van der Waals surface area contributed by atoms with Gasteiger partial charge in [0.05, 0.1) is 18.4 Å². The first-order chi connectivity index (χ1) is 14.5. The van der Waals surface area contributed by atoms with Gasteiger partial charge in [-0.1, -0.05) is 29.8 Å². The molecule has 2 heterocycles. The number of benzene rings is 2. The van der Waals surface area contributed by atoms with Gasteiger partial charge in [-0.2, -0.15) is 5.10 Å². The molecule has 4 rings (SSSR count). The molecule has 0 radical (unpaired) electrons. The Labute approximate surface area is 172 Å². The second-order valence-electron chi connectivity index (χ2n) is 6.88. The van der Waals surface area contributed by atoms with Crippen molar-refractivity contribution in [2.24, 2.45) is 0 Å². The molecule has 0 spiro atoms. The van der Waals surface area contributed by atoms with Gasteiger partial charge < -0.3 is 14.5 Å². The molecule has 0 unspecified atom stereocenters. The van der Waals surface area contributed by atoms with Crippen LogP contribution >= 0.6 is 0 Å². The first kappa shape index (κ1) is 19.4. The van der Waals surface area contributed by atoms with Gasteiger partial charge in [-0.25, -0.2) is 4.39 Å². The first-order valence-corrected chi connectivity index (χ1v) is 9.41. The minimum Gasteiger partial charge on any atom is -0.486 e. The van der Waals surface area contributed by atoms with Crippen molar-refractivity contribution in [3.63, 3.8) is 0 Å². The Morgan fingerprint density at radius 1 is 1.17 bits per heavy atom. The average molecular weight is 405 g/mol. The summed E-state index contributed by atoms with van der Waals surface area (Å²) >= 11 is 0. The van der Waals surface area contributed by atoms with Gasteiger partial charge in [-0.3, -0.25) is 9.48 Å². The van der Waals surface area contributed by atoms with E-state index in [4.69, 9.17) is 9.15 Å². The second kappa shape index (κ2) is 8.65. The number of halogens is 1. The van der Waals surface area contributed by atoms with E-state index in [1.807, 2.05) is 25.1 Å². The maximum Gasteiger partial charge on any atom is 0.291 e. The van der Waals surface area contributed by atoms with Crippen molar-refractivity contribution in [2.45, 2.75) is 20.1 Å². The molecule has 0 aliphatic carbocycles. The number of amides is 1. The van der Waals surface area contributed by atoms with E-state index in [0.717, 1.165) is 5.56 Å².